The van der Waals surface area contributed by atoms with Gasteiger partial charge in [-0.05, 0) is 19.1 Å². The zero-order valence-electron chi connectivity index (χ0n) is 18.6. The summed E-state index contributed by atoms with van der Waals surface area (Å²) in [4.78, 5) is 29.9. The van der Waals surface area contributed by atoms with E-state index in [9.17, 15) is 9.59 Å². The second kappa shape index (κ2) is 9.95. The van der Waals surface area contributed by atoms with Gasteiger partial charge in [-0.15, -0.1) is 0 Å². The van der Waals surface area contributed by atoms with Crippen LogP contribution in [-0.2, 0) is 16.1 Å². The summed E-state index contributed by atoms with van der Waals surface area (Å²) in [6, 6.07) is 8.63. The maximum atomic E-state index is 13.1. The quantitative estimate of drug-likeness (QED) is 0.487. The van der Waals surface area contributed by atoms with E-state index < -0.39 is 5.91 Å². The van der Waals surface area contributed by atoms with Crippen molar-refractivity contribution < 1.29 is 33.3 Å². The van der Waals surface area contributed by atoms with Crippen molar-refractivity contribution in [3.05, 3.63) is 40.7 Å². The summed E-state index contributed by atoms with van der Waals surface area (Å²) < 4.78 is 29.7. The van der Waals surface area contributed by atoms with Crippen LogP contribution in [-0.4, -0.2) is 50.5 Å². The standard InChI is InChI=1S/C23H24N2O7S/c1-4-30-21(26)7-8-25-16-12-18-19(32-10-9-31-18)13-20(16)33-23(25)24-22(27)15-6-5-14(28-2)11-17(15)29-3/h5-6,11-13H,4,7-10H2,1-3H3. The van der Waals surface area contributed by atoms with E-state index in [4.69, 9.17) is 23.7 Å². The largest absolute Gasteiger partial charge is 0.497 e. The van der Waals surface area contributed by atoms with E-state index in [1.807, 2.05) is 16.7 Å². The number of nitrogens with zero attached hydrogens (tertiary/aromatic N) is 2. The number of fused-ring (bicyclic) bond motifs is 2. The third kappa shape index (κ3) is 4.80. The molecular formula is C23H24N2O7S. The van der Waals surface area contributed by atoms with Crippen LogP contribution in [0.3, 0.4) is 0 Å². The number of aryl methyl sites for hydroxylation is 1. The Morgan fingerprint density at radius 3 is 2.55 bits per heavy atom. The average molecular weight is 473 g/mol. The molecule has 33 heavy (non-hydrogen) atoms. The molecule has 10 heteroatoms. The highest BCUT2D eigenvalue weighted by Gasteiger charge is 2.19. The maximum Gasteiger partial charge on any atom is 0.307 e. The number of hydrogen-bond donors (Lipinski definition) is 0. The summed E-state index contributed by atoms with van der Waals surface area (Å²) in [6.45, 7) is 3.29. The van der Waals surface area contributed by atoms with E-state index in [0.717, 1.165) is 10.2 Å². The normalized spacial score (nSPS) is 13.1. The Labute approximate surface area is 194 Å². The van der Waals surface area contributed by atoms with E-state index >= 15 is 0 Å². The first-order valence-corrected chi connectivity index (χ1v) is 11.3. The predicted molar refractivity (Wildman–Crippen MR) is 121 cm³/mol. The van der Waals surface area contributed by atoms with Gasteiger partial charge in [-0.3, -0.25) is 9.59 Å². The fourth-order valence-electron chi connectivity index (χ4n) is 3.47. The molecule has 3 aromatic rings. The van der Waals surface area contributed by atoms with E-state index in [1.54, 1.807) is 25.1 Å². The first-order chi connectivity index (χ1) is 16.0. The van der Waals surface area contributed by atoms with Crippen molar-refractivity contribution in [2.24, 2.45) is 4.99 Å². The predicted octanol–water partition coefficient (Wildman–Crippen LogP) is 3.19. The molecule has 1 amide bonds. The van der Waals surface area contributed by atoms with Gasteiger partial charge in [-0.25, -0.2) is 0 Å². The Morgan fingerprint density at radius 1 is 1.09 bits per heavy atom. The van der Waals surface area contributed by atoms with Gasteiger partial charge >= 0.3 is 5.97 Å². The second-order valence-corrected chi connectivity index (χ2v) is 8.05. The minimum atomic E-state index is -0.469. The lowest BCUT2D eigenvalue weighted by Gasteiger charge is -2.18. The Kier molecular flexibility index (Phi) is 6.83. The molecule has 0 unspecified atom stereocenters. The number of carbonyl (C=O) groups excluding carboxylic acids is 2. The summed E-state index contributed by atoms with van der Waals surface area (Å²) in [5.41, 5.74) is 1.10. The molecule has 2 aromatic carbocycles. The number of hydrogen-bond acceptors (Lipinski definition) is 8. The zero-order chi connectivity index (χ0) is 23.4. The van der Waals surface area contributed by atoms with Gasteiger partial charge in [0.25, 0.3) is 5.91 Å². The van der Waals surface area contributed by atoms with Crippen LogP contribution in [0.5, 0.6) is 23.0 Å². The molecule has 0 fully saturated rings. The molecule has 0 N–H and O–H groups in total. The Hall–Kier alpha value is -3.53. The van der Waals surface area contributed by atoms with Gasteiger partial charge in [-0.2, -0.15) is 4.99 Å². The number of amides is 1. The lowest BCUT2D eigenvalue weighted by molar-refractivity contribution is -0.143. The molecule has 0 radical (unpaired) electrons. The van der Waals surface area contributed by atoms with Crippen molar-refractivity contribution >= 4 is 33.4 Å². The smallest absolute Gasteiger partial charge is 0.307 e. The van der Waals surface area contributed by atoms with Crippen LogP contribution in [0, 0.1) is 0 Å². The summed E-state index contributed by atoms with van der Waals surface area (Å²) in [6.07, 6.45) is 0.140. The van der Waals surface area contributed by atoms with E-state index in [-0.39, 0.29) is 12.4 Å². The number of thiazole rings is 1. The van der Waals surface area contributed by atoms with Gasteiger partial charge in [0.05, 0.1) is 43.0 Å². The number of esters is 1. The monoisotopic (exact) mass is 472 g/mol. The van der Waals surface area contributed by atoms with Gasteiger partial charge in [0.1, 0.15) is 24.7 Å². The molecule has 1 aliphatic rings. The first kappa shape index (κ1) is 22.7. The summed E-state index contributed by atoms with van der Waals surface area (Å²) in [7, 11) is 3.02. The third-order valence-corrected chi connectivity index (χ3v) is 6.07. The molecule has 0 saturated carbocycles. The molecule has 4 rings (SSSR count). The highest BCUT2D eigenvalue weighted by molar-refractivity contribution is 7.16. The van der Waals surface area contributed by atoms with Gasteiger partial charge < -0.3 is 28.3 Å². The molecule has 1 aliphatic heterocycles. The molecule has 0 atom stereocenters. The van der Waals surface area contributed by atoms with Gasteiger partial charge in [0.2, 0.25) is 0 Å². The molecule has 0 spiro atoms. The molecular weight excluding hydrogens is 448 g/mol. The Balaban J connectivity index is 1.79. The fraction of sp³-hybridized carbons (Fsp3) is 0.348. The Morgan fingerprint density at radius 2 is 1.85 bits per heavy atom. The number of carbonyl (C=O) groups is 2. The van der Waals surface area contributed by atoms with Crippen molar-refractivity contribution in [3.63, 3.8) is 0 Å². The molecule has 0 bridgehead atoms. The Bertz CT molecular complexity index is 1260. The van der Waals surface area contributed by atoms with Crippen LogP contribution in [0.15, 0.2) is 35.3 Å². The number of benzene rings is 2. The highest BCUT2D eigenvalue weighted by atomic mass is 32.1. The number of aromatic nitrogens is 1. The van der Waals surface area contributed by atoms with Crippen LogP contribution in [0.25, 0.3) is 10.2 Å². The lowest BCUT2D eigenvalue weighted by atomic mass is 10.2. The minimum Gasteiger partial charge on any atom is -0.497 e. The lowest BCUT2D eigenvalue weighted by Crippen LogP contribution is -2.20. The topological polar surface area (TPSA) is 97.6 Å². The minimum absolute atomic E-state index is 0.140. The van der Waals surface area contributed by atoms with E-state index in [0.29, 0.717) is 59.7 Å². The van der Waals surface area contributed by atoms with Crippen molar-refractivity contribution in [2.45, 2.75) is 19.9 Å². The molecule has 0 aliphatic carbocycles. The average Bonchev–Trinajstić information content (AvgIpc) is 3.16. The molecule has 0 saturated heterocycles. The van der Waals surface area contributed by atoms with Crippen LogP contribution in [0.4, 0.5) is 0 Å². The molecule has 174 valence electrons. The summed E-state index contributed by atoms with van der Waals surface area (Å²) in [5, 5.41) is 0. The van der Waals surface area contributed by atoms with Crippen LogP contribution in [0.2, 0.25) is 0 Å². The van der Waals surface area contributed by atoms with Gasteiger partial charge in [-0.1, -0.05) is 11.3 Å². The number of ether oxygens (including phenoxy) is 5. The van der Waals surface area contributed by atoms with Gasteiger partial charge in [0.15, 0.2) is 16.3 Å². The molecule has 9 nitrogen and oxygen atoms in total. The first-order valence-electron chi connectivity index (χ1n) is 10.4. The van der Waals surface area contributed by atoms with Crippen LogP contribution >= 0.6 is 11.3 Å². The number of methoxy groups -OCH3 is 2. The van der Waals surface area contributed by atoms with Crippen molar-refractivity contribution in [1.82, 2.24) is 4.57 Å². The van der Waals surface area contributed by atoms with Crippen molar-refractivity contribution in [1.29, 1.82) is 0 Å². The maximum absolute atomic E-state index is 13.1. The second-order valence-electron chi connectivity index (χ2n) is 7.04. The zero-order valence-corrected chi connectivity index (χ0v) is 19.4. The summed E-state index contributed by atoms with van der Waals surface area (Å²) >= 11 is 1.33. The van der Waals surface area contributed by atoms with E-state index in [1.165, 1.54) is 25.6 Å². The molecule has 2 heterocycles. The van der Waals surface area contributed by atoms with Crippen LogP contribution in [0.1, 0.15) is 23.7 Å². The SMILES string of the molecule is CCOC(=O)CCn1c(=NC(=O)c2ccc(OC)cc2OC)sc2cc3c(cc21)OCCO3. The highest BCUT2D eigenvalue weighted by Crippen LogP contribution is 2.35. The fourth-order valence-corrected chi connectivity index (χ4v) is 4.53. The third-order valence-electron chi connectivity index (χ3n) is 5.03. The van der Waals surface area contributed by atoms with Crippen molar-refractivity contribution in [3.8, 4) is 23.0 Å². The van der Waals surface area contributed by atoms with Crippen molar-refractivity contribution in [2.75, 3.05) is 34.0 Å². The van der Waals surface area contributed by atoms with Gasteiger partial charge in [0, 0.05) is 24.7 Å². The molecule has 1 aromatic heterocycles. The summed E-state index contributed by atoms with van der Waals surface area (Å²) in [5.74, 6) is 1.40. The number of rotatable bonds is 7. The van der Waals surface area contributed by atoms with E-state index in [2.05, 4.69) is 4.99 Å². The van der Waals surface area contributed by atoms with Crippen LogP contribution < -0.4 is 23.7 Å².